The third-order valence-corrected chi connectivity index (χ3v) is 3.94. The molecule has 0 radical (unpaired) electrons. The quantitative estimate of drug-likeness (QED) is 0.172. The third-order valence-electron chi connectivity index (χ3n) is 3.94. The lowest BCUT2D eigenvalue weighted by Crippen LogP contribution is -2.38. The van der Waals surface area contributed by atoms with Gasteiger partial charge in [0.2, 0.25) is 0 Å². The van der Waals surface area contributed by atoms with E-state index in [0.29, 0.717) is 13.1 Å². The molecule has 1 heterocycles. The van der Waals surface area contributed by atoms with Gasteiger partial charge in [-0.3, -0.25) is 4.99 Å². The van der Waals surface area contributed by atoms with E-state index in [9.17, 15) is 4.79 Å². The van der Waals surface area contributed by atoms with Crippen LogP contribution in [0.3, 0.4) is 0 Å². The molecule has 1 amide bonds. The minimum Gasteiger partial charge on any atom is -0.444 e. The number of amides is 1. The van der Waals surface area contributed by atoms with Crippen LogP contribution < -0.4 is 16.0 Å². The molecule has 0 aliphatic carbocycles. The number of nitrogens with zero attached hydrogens (tertiary/aromatic N) is 2. The molecule has 8 nitrogen and oxygen atoms in total. The first kappa shape index (κ1) is 26.0. The van der Waals surface area contributed by atoms with Crippen LogP contribution in [-0.4, -0.2) is 53.8 Å². The minimum absolute atomic E-state index is 0. The van der Waals surface area contributed by atoms with E-state index in [1.54, 1.807) is 0 Å². The molecule has 4 N–H and O–H groups in total. The maximum Gasteiger partial charge on any atom is 0.407 e. The molecule has 0 fully saturated rings. The van der Waals surface area contributed by atoms with Crippen molar-refractivity contribution in [3.63, 3.8) is 0 Å². The molecule has 0 bridgehead atoms. The third kappa shape index (κ3) is 10.1. The molecule has 0 spiro atoms. The van der Waals surface area contributed by atoms with E-state index in [1.807, 2.05) is 52.0 Å². The fraction of sp³-hybridized carbons (Fsp3) is 0.571. The Morgan fingerprint density at radius 2 is 1.87 bits per heavy atom. The van der Waals surface area contributed by atoms with Crippen LogP contribution in [0.2, 0.25) is 0 Å². The highest BCUT2D eigenvalue weighted by Gasteiger charge is 2.15. The Morgan fingerprint density at radius 1 is 1.13 bits per heavy atom. The molecule has 1 aromatic carbocycles. The monoisotopic (exact) mass is 530 g/mol. The number of ether oxygens (including phenoxy) is 1. The Hall–Kier alpha value is -2.04. The second-order valence-corrected chi connectivity index (χ2v) is 7.77. The molecule has 0 unspecified atom stereocenters. The molecule has 9 heteroatoms. The van der Waals surface area contributed by atoms with Gasteiger partial charge in [-0.05, 0) is 52.7 Å². The Morgan fingerprint density at radius 3 is 2.57 bits per heavy atom. The first-order chi connectivity index (χ1) is 13.9. The summed E-state index contributed by atoms with van der Waals surface area (Å²) < 4.78 is 5.21. The number of rotatable bonds is 9. The van der Waals surface area contributed by atoms with Gasteiger partial charge in [0.1, 0.15) is 11.4 Å². The summed E-state index contributed by atoms with van der Waals surface area (Å²) >= 11 is 0. The maximum atomic E-state index is 11.6. The normalized spacial score (nSPS) is 11.7. The van der Waals surface area contributed by atoms with E-state index in [0.717, 1.165) is 55.2 Å². The first-order valence-corrected chi connectivity index (χ1v) is 10.3. The number of halogens is 1. The predicted molar refractivity (Wildman–Crippen MR) is 133 cm³/mol. The molecule has 0 saturated carbocycles. The molecular formula is C21H35IN6O2. The van der Waals surface area contributed by atoms with Crippen molar-refractivity contribution < 1.29 is 9.53 Å². The van der Waals surface area contributed by atoms with Gasteiger partial charge >= 0.3 is 6.09 Å². The van der Waals surface area contributed by atoms with E-state index in [2.05, 4.69) is 30.9 Å². The molecule has 1 aromatic heterocycles. The van der Waals surface area contributed by atoms with Gasteiger partial charge in [0.05, 0.1) is 11.0 Å². The minimum atomic E-state index is -0.479. The average molecular weight is 530 g/mol. The SMILES string of the molecule is CCNC(=NCCCNC(=O)OC(C)(C)C)NCCCc1nc2ccccc2[nH]1.I. The van der Waals surface area contributed by atoms with Crippen LogP contribution in [0, 0.1) is 0 Å². The van der Waals surface area contributed by atoms with Gasteiger partial charge in [-0.2, -0.15) is 0 Å². The number of hydrogen-bond donors (Lipinski definition) is 4. The second kappa shape index (κ2) is 13.3. The zero-order valence-electron chi connectivity index (χ0n) is 18.4. The van der Waals surface area contributed by atoms with Crippen molar-refractivity contribution in [2.75, 3.05) is 26.2 Å². The van der Waals surface area contributed by atoms with Crippen LogP contribution in [-0.2, 0) is 11.2 Å². The van der Waals surface area contributed by atoms with E-state index in [4.69, 9.17) is 4.74 Å². The number of carbonyl (C=O) groups excluding carboxylic acids is 1. The molecule has 2 rings (SSSR count). The molecule has 0 atom stereocenters. The summed E-state index contributed by atoms with van der Waals surface area (Å²) in [4.78, 5) is 24.1. The summed E-state index contributed by atoms with van der Waals surface area (Å²) in [5, 5.41) is 9.32. The lowest BCUT2D eigenvalue weighted by atomic mass is 10.2. The fourth-order valence-electron chi connectivity index (χ4n) is 2.70. The fourth-order valence-corrected chi connectivity index (χ4v) is 2.70. The van der Waals surface area contributed by atoms with Crippen molar-refractivity contribution in [3.05, 3.63) is 30.1 Å². The van der Waals surface area contributed by atoms with E-state index >= 15 is 0 Å². The number of alkyl carbamates (subject to hydrolysis) is 1. The number of aryl methyl sites for hydroxylation is 1. The van der Waals surface area contributed by atoms with Crippen molar-refractivity contribution >= 4 is 47.1 Å². The molecule has 0 saturated heterocycles. The zero-order chi connectivity index (χ0) is 21.1. The van der Waals surface area contributed by atoms with E-state index in [-0.39, 0.29) is 24.0 Å². The highest BCUT2D eigenvalue weighted by atomic mass is 127. The molecule has 30 heavy (non-hydrogen) atoms. The second-order valence-electron chi connectivity index (χ2n) is 7.77. The smallest absolute Gasteiger partial charge is 0.407 e. The van der Waals surface area contributed by atoms with Gasteiger partial charge < -0.3 is 25.7 Å². The standard InChI is InChI=1S/C21H34N6O2.HI/c1-5-22-19(24-14-9-15-25-20(28)29-21(2,3)4)23-13-8-12-18-26-16-10-6-7-11-17(16)27-18;/h6-7,10-11H,5,8-9,12-15H2,1-4H3,(H,25,28)(H,26,27)(H2,22,23,24);1H. The average Bonchev–Trinajstić information content (AvgIpc) is 3.06. The van der Waals surface area contributed by atoms with E-state index in [1.165, 1.54) is 0 Å². The number of carbonyl (C=O) groups is 1. The number of imidazole rings is 1. The summed E-state index contributed by atoms with van der Waals surface area (Å²) in [6.07, 6.45) is 2.18. The topological polar surface area (TPSA) is 103 Å². The Balaban J connectivity index is 0.00000450. The molecule has 0 aliphatic rings. The van der Waals surface area contributed by atoms with Crippen LogP contribution in [0.5, 0.6) is 0 Å². The molecular weight excluding hydrogens is 495 g/mol. The largest absolute Gasteiger partial charge is 0.444 e. The number of H-pyrrole nitrogens is 1. The van der Waals surface area contributed by atoms with Crippen molar-refractivity contribution in [2.24, 2.45) is 4.99 Å². The van der Waals surface area contributed by atoms with Gasteiger partial charge in [-0.25, -0.2) is 9.78 Å². The summed E-state index contributed by atoms with van der Waals surface area (Å²) in [6, 6.07) is 8.06. The van der Waals surface area contributed by atoms with Crippen LogP contribution in [0.15, 0.2) is 29.3 Å². The lowest BCUT2D eigenvalue weighted by molar-refractivity contribution is 0.0527. The Bertz CT molecular complexity index is 767. The van der Waals surface area contributed by atoms with Gasteiger partial charge in [0, 0.05) is 32.6 Å². The summed E-state index contributed by atoms with van der Waals surface area (Å²) in [5.74, 6) is 1.79. The van der Waals surface area contributed by atoms with Crippen molar-refractivity contribution in [2.45, 2.75) is 52.6 Å². The van der Waals surface area contributed by atoms with Gasteiger partial charge in [-0.1, -0.05) is 12.1 Å². The highest BCUT2D eigenvalue weighted by Crippen LogP contribution is 2.11. The molecule has 0 aliphatic heterocycles. The summed E-state index contributed by atoms with van der Waals surface area (Å²) in [5.41, 5.74) is 1.60. The van der Waals surface area contributed by atoms with Crippen molar-refractivity contribution in [3.8, 4) is 0 Å². The van der Waals surface area contributed by atoms with Crippen molar-refractivity contribution in [1.82, 2.24) is 25.9 Å². The number of nitrogens with one attached hydrogen (secondary N) is 4. The van der Waals surface area contributed by atoms with Gasteiger partial charge in [0.15, 0.2) is 5.96 Å². The van der Waals surface area contributed by atoms with Crippen LogP contribution >= 0.6 is 24.0 Å². The number of para-hydroxylation sites is 2. The van der Waals surface area contributed by atoms with Crippen molar-refractivity contribution in [1.29, 1.82) is 0 Å². The number of fused-ring (bicyclic) bond motifs is 1. The first-order valence-electron chi connectivity index (χ1n) is 10.3. The zero-order valence-corrected chi connectivity index (χ0v) is 20.7. The van der Waals surface area contributed by atoms with Crippen LogP contribution in [0.1, 0.15) is 46.4 Å². The van der Waals surface area contributed by atoms with Crippen LogP contribution in [0.25, 0.3) is 11.0 Å². The Kier molecular flexibility index (Phi) is 11.5. The highest BCUT2D eigenvalue weighted by molar-refractivity contribution is 14.0. The molecule has 2 aromatic rings. The number of guanidine groups is 1. The number of aliphatic imine (C=N–C) groups is 1. The maximum absolute atomic E-state index is 11.6. The summed E-state index contributed by atoms with van der Waals surface area (Å²) in [7, 11) is 0. The van der Waals surface area contributed by atoms with Crippen LogP contribution in [0.4, 0.5) is 4.79 Å². The Labute approximate surface area is 196 Å². The van der Waals surface area contributed by atoms with Gasteiger partial charge in [0.25, 0.3) is 0 Å². The number of benzene rings is 1. The van der Waals surface area contributed by atoms with E-state index < -0.39 is 11.7 Å². The number of aromatic amines is 1. The predicted octanol–water partition coefficient (Wildman–Crippen LogP) is 3.58. The van der Waals surface area contributed by atoms with Gasteiger partial charge in [-0.15, -0.1) is 24.0 Å². The molecule has 168 valence electrons. The number of aromatic nitrogens is 2. The summed E-state index contributed by atoms with van der Waals surface area (Å²) in [6.45, 7) is 10.3. The lowest BCUT2D eigenvalue weighted by Gasteiger charge is -2.19. The number of hydrogen-bond acceptors (Lipinski definition) is 4.